The van der Waals surface area contributed by atoms with E-state index in [1.54, 1.807) is 26.4 Å². The predicted molar refractivity (Wildman–Crippen MR) is 74.6 cm³/mol. The molecule has 1 heterocycles. The zero-order valence-corrected chi connectivity index (χ0v) is 12.1. The van der Waals surface area contributed by atoms with E-state index < -0.39 is 0 Å². The second-order valence-corrected chi connectivity index (χ2v) is 4.80. The van der Waals surface area contributed by atoms with Gasteiger partial charge >= 0.3 is 0 Å². The summed E-state index contributed by atoms with van der Waals surface area (Å²) in [4.78, 5) is 4.33. The van der Waals surface area contributed by atoms with Crippen molar-refractivity contribution >= 4 is 0 Å². The maximum absolute atomic E-state index is 6.00. The van der Waals surface area contributed by atoms with Gasteiger partial charge in [0.1, 0.15) is 0 Å². The fourth-order valence-corrected chi connectivity index (χ4v) is 1.75. The molecule has 0 aliphatic heterocycles. The highest BCUT2D eigenvalue weighted by Crippen LogP contribution is 2.32. The van der Waals surface area contributed by atoms with Crippen LogP contribution in [-0.2, 0) is 0 Å². The largest absolute Gasteiger partial charge is 0.493 e. The number of methoxy groups -OCH3 is 2. The Kier molecular flexibility index (Phi) is 4.24. The summed E-state index contributed by atoms with van der Waals surface area (Å²) in [6.07, 6.45) is 0. The van der Waals surface area contributed by atoms with E-state index in [2.05, 4.69) is 10.1 Å². The van der Waals surface area contributed by atoms with Crippen LogP contribution >= 0.6 is 0 Å². The minimum atomic E-state index is -0.243. The number of hydrogen-bond acceptors (Lipinski definition) is 6. The molecule has 2 aromatic rings. The molecule has 0 amide bonds. The molecule has 0 radical (unpaired) electrons. The molecule has 20 heavy (non-hydrogen) atoms. The van der Waals surface area contributed by atoms with Gasteiger partial charge in [0.25, 0.3) is 5.89 Å². The Balaban J connectivity index is 2.33. The zero-order valence-electron chi connectivity index (χ0n) is 12.1. The van der Waals surface area contributed by atoms with E-state index >= 15 is 0 Å². The van der Waals surface area contributed by atoms with Crippen molar-refractivity contribution in [2.75, 3.05) is 14.2 Å². The molecule has 0 bridgehead atoms. The van der Waals surface area contributed by atoms with Crippen molar-refractivity contribution in [3.8, 4) is 23.0 Å². The van der Waals surface area contributed by atoms with E-state index in [0.717, 1.165) is 5.56 Å². The minimum absolute atomic E-state index is 0.242. The van der Waals surface area contributed by atoms with Gasteiger partial charge in [-0.2, -0.15) is 4.98 Å². The summed E-state index contributed by atoms with van der Waals surface area (Å²) in [6.45, 7) is 4.02. The van der Waals surface area contributed by atoms with Gasteiger partial charge in [-0.3, -0.25) is 0 Å². The Morgan fingerprint density at radius 1 is 1.15 bits per heavy atom. The van der Waals surface area contributed by atoms with Crippen molar-refractivity contribution in [2.24, 2.45) is 11.7 Å². The molecular weight excluding hydrogens is 258 g/mol. The van der Waals surface area contributed by atoms with Crippen molar-refractivity contribution in [3.63, 3.8) is 0 Å². The predicted octanol–water partition coefficient (Wildman–Crippen LogP) is 2.41. The number of aromatic nitrogens is 2. The van der Waals surface area contributed by atoms with Crippen molar-refractivity contribution in [1.29, 1.82) is 0 Å². The van der Waals surface area contributed by atoms with E-state index in [1.807, 2.05) is 19.9 Å². The molecule has 0 aliphatic carbocycles. The van der Waals surface area contributed by atoms with Crippen LogP contribution < -0.4 is 15.2 Å². The first-order valence-corrected chi connectivity index (χ1v) is 6.38. The lowest BCUT2D eigenvalue weighted by Gasteiger charge is -2.09. The maximum atomic E-state index is 6.00. The van der Waals surface area contributed by atoms with E-state index in [9.17, 15) is 0 Å². The smallest absolute Gasteiger partial charge is 0.258 e. The van der Waals surface area contributed by atoms with Crippen LogP contribution in [0.25, 0.3) is 11.5 Å². The molecular formula is C14H19N3O3. The molecule has 2 N–H and O–H groups in total. The standard InChI is InChI=1S/C14H19N3O3/c1-8(2)12(15)13-16-14(20-17-13)9-5-6-10(18-3)11(7-9)19-4/h5-8,12H,15H2,1-4H3. The molecule has 2 rings (SSSR count). The van der Waals surface area contributed by atoms with E-state index in [4.69, 9.17) is 19.7 Å². The highest BCUT2D eigenvalue weighted by atomic mass is 16.5. The van der Waals surface area contributed by atoms with Crippen LogP contribution in [0.4, 0.5) is 0 Å². The number of rotatable bonds is 5. The molecule has 1 aromatic heterocycles. The van der Waals surface area contributed by atoms with Crippen molar-refractivity contribution in [2.45, 2.75) is 19.9 Å². The number of nitrogens with two attached hydrogens (primary N) is 1. The topological polar surface area (TPSA) is 83.4 Å². The number of ether oxygens (including phenoxy) is 2. The fourth-order valence-electron chi connectivity index (χ4n) is 1.75. The average Bonchev–Trinajstić information content (AvgIpc) is 2.95. The molecule has 1 atom stereocenters. The van der Waals surface area contributed by atoms with Gasteiger partial charge in [-0.05, 0) is 24.1 Å². The third-order valence-corrected chi connectivity index (χ3v) is 3.09. The van der Waals surface area contributed by atoms with Crippen LogP contribution in [0, 0.1) is 5.92 Å². The highest BCUT2D eigenvalue weighted by Gasteiger charge is 2.18. The molecule has 0 saturated heterocycles. The molecule has 6 nitrogen and oxygen atoms in total. The Hall–Kier alpha value is -2.08. The van der Waals surface area contributed by atoms with Gasteiger partial charge in [0, 0.05) is 5.56 Å². The lowest BCUT2D eigenvalue weighted by atomic mass is 10.1. The van der Waals surface area contributed by atoms with Crippen LogP contribution in [0.5, 0.6) is 11.5 Å². The van der Waals surface area contributed by atoms with Crippen molar-refractivity contribution in [1.82, 2.24) is 10.1 Å². The SMILES string of the molecule is COc1ccc(-c2nc(C(N)C(C)C)no2)cc1OC. The maximum Gasteiger partial charge on any atom is 0.258 e. The second kappa shape index (κ2) is 5.92. The fraction of sp³-hybridized carbons (Fsp3) is 0.429. The third kappa shape index (κ3) is 2.75. The Morgan fingerprint density at radius 3 is 2.45 bits per heavy atom. The van der Waals surface area contributed by atoms with Gasteiger partial charge < -0.3 is 19.7 Å². The minimum Gasteiger partial charge on any atom is -0.493 e. The van der Waals surface area contributed by atoms with Crippen LogP contribution in [0.2, 0.25) is 0 Å². The average molecular weight is 277 g/mol. The first-order chi connectivity index (χ1) is 9.56. The first-order valence-electron chi connectivity index (χ1n) is 6.38. The summed E-state index contributed by atoms with van der Waals surface area (Å²) in [7, 11) is 3.17. The van der Waals surface area contributed by atoms with Crippen molar-refractivity contribution < 1.29 is 14.0 Å². The third-order valence-electron chi connectivity index (χ3n) is 3.09. The van der Waals surface area contributed by atoms with Gasteiger partial charge in [-0.25, -0.2) is 0 Å². The molecule has 0 fully saturated rings. The van der Waals surface area contributed by atoms with Gasteiger partial charge in [0.05, 0.1) is 20.3 Å². The molecule has 108 valence electrons. The summed E-state index contributed by atoms with van der Waals surface area (Å²) in [6, 6.07) is 5.17. The number of benzene rings is 1. The van der Waals surface area contributed by atoms with Crippen molar-refractivity contribution in [3.05, 3.63) is 24.0 Å². The molecule has 1 aromatic carbocycles. The first kappa shape index (κ1) is 14.3. The van der Waals surface area contributed by atoms with E-state index in [1.165, 1.54) is 0 Å². The highest BCUT2D eigenvalue weighted by molar-refractivity contribution is 5.59. The number of hydrogen-bond donors (Lipinski definition) is 1. The van der Waals surface area contributed by atoms with E-state index in [-0.39, 0.29) is 12.0 Å². The van der Waals surface area contributed by atoms with Crippen LogP contribution in [-0.4, -0.2) is 24.4 Å². The van der Waals surface area contributed by atoms with Gasteiger partial charge in [-0.1, -0.05) is 19.0 Å². The van der Waals surface area contributed by atoms with Gasteiger partial charge in [-0.15, -0.1) is 0 Å². The zero-order chi connectivity index (χ0) is 14.7. The lowest BCUT2D eigenvalue weighted by Crippen LogP contribution is -2.18. The van der Waals surface area contributed by atoms with Crippen LogP contribution in [0.1, 0.15) is 25.7 Å². The lowest BCUT2D eigenvalue weighted by molar-refractivity contribution is 0.354. The monoisotopic (exact) mass is 277 g/mol. The summed E-state index contributed by atoms with van der Waals surface area (Å²) in [5.41, 5.74) is 6.76. The molecule has 0 aliphatic rings. The van der Waals surface area contributed by atoms with Crippen LogP contribution in [0.15, 0.2) is 22.7 Å². The number of nitrogens with zero attached hydrogens (tertiary/aromatic N) is 2. The summed E-state index contributed by atoms with van der Waals surface area (Å²) < 4.78 is 15.7. The molecule has 1 unspecified atom stereocenters. The molecule has 6 heteroatoms. The van der Waals surface area contributed by atoms with Crippen LogP contribution in [0.3, 0.4) is 0 Å². The van der Waals surface area contributed by atoms with E-state index in [0.29, 0.717) is 23.2 Å². The molecule has 0 saturated carbocycles. The summed E-state index contributed by atoms with van der Waals surface area (Å²) in [5.74, 6) is 2.42. The Labute approximate surface area is 117 Å². The Morgan fingerprint density at radius 2 is 1.85 bits per heavy atom. The second-order valence-electron chi connectivity index (χ2n) is 4.80. The normalized spacial score (nSPS) is 12.5. The Bertz CT molecular complexity index is 581. The molecule has 0 spiro atoms. The van der Waals surface area contributed by atoms with Gasteiger partial charge in [0.2, 0.25) is 0 Å². The quantitative estimate of drug-likeness (QED) is 0.903. The van der Waals surface area contributed by atoms with Gasteiger partial charge in [0.15, 0.2) is 17.3 Å². The summed E-state index contributed by atoms with van der Waals surface area (Å²) in [5, 5.41) is 3.93. The summed E-state index contributed by atoms with van der Waals surface area (Å²) >= 11 is 0.